The molecule has 4 nitrogen and oxygen atoms in total. The van der Waals surface area contributed by atoms with Gasteiger partial charge in [0.25, 0.3) is 0 Å². The van der Waals surface area contributed by atoms with Crippen LogP contribution in [0.3, 0.4) is 0 Å². The topological polar surface area (TPSA) is 32.8 Å². The molecule has 0 aromatic heterocycles. The Morgan fingerprint density at radius 3 is 2.33 bits per heavy atom. The van der Waals surface area contributed by atoms with E-state index in [1.807, 2.05) is 59.5 Å². The highest BCUT2D eigenvalue weighted by atomic mass is 16.5. The van der Waals surface area contributed by atoms with Gasteiger partial charge in [0, 0.05) is 19.1 Å². The van der Waals surface area contributed by atoms with Crippen LogP contribution in [0.4, 0.5) is 0 Å². The Kier molecular flexibility index (Phi) is 5.73. The molecule has 0 bridgehead atoms. The second kappa shape index (κ2) is 8.57. The fraction of sp³-hybridized carbons (Fsp3) is 0.391. The largest absolute Gasteiger partial charge is 0.457 e. The lowest BCUT2D eigenvalue weighted by molar-refractivity contribution is -0.128. The Labute approximate surface area is 161 Å². The molecule has 2 aliphatic rings. The number of rotatable bonds is 5. The summed E-state index contributed by atoms with van der Waals surface area (Å²) in [6, 6.07) is 18.1. The van der Waals surface area contributed by atoms with Gasteiger partial charge >= 0.3 is 0 Å². The van der Waals surface area contributed by atoms with Gasteiger partial charge in [-0.15, -0.1) is 0 Å². The molecule has 141 valence electrons. The SMILES string of the molecule is O=C([CH]c1cccc(Oc2ccccc2)c1)N1CCC(N2CCCC2)CC1. The normalized spacial score (nSPS) is 18.6. The van der Waals surface area contributed by atoms with Gasteiger partial charge in [-0.3, -0.25) is 4.79 Å². The third-order valence-electron chi connectivity index (χ3n) is 5.56. The minimum atomic E-state index is 0.103. The first-order valence-corrected chi connectivity index (χ1v) is 9.98. The zero-order valence-corrected chi connectivity index (χ0v) is 15.7. The van der Waals surface area contributed by atoms with Crippen LogP contribution in [-0.4, -0.2) is 47.9 Å². The van der Waals surface area contributed by atoms with Crippen molar-refractivity contribution in [3.05, 3.63) is 66.6 Å². The van der Waals surface area contributed by atoms with E-state index in [1.165, 1.54) is 25.9 Å². The van der Waals surface area contributed by atoms with E-state index >= 15 is 0 Å². The second-order valence-electron chi connectivity index (χ2n) is 7.43. The van der Waals surface area contributed by atoms with Gasteiger partial charge in [-0.05, 0) is 68.6 Å². The van der Waals surface area contributed by atoms with Gasteiger partial charge in [-0.1, -0.05) is 30.3 Å². The number of benzene rings is 2. The number of amides is 1. The zero-order valence-electron chi connectivity index (χ0n) is 15.7. The van der Waals surface area contributed by atoms with Crippen LogP contribution >= 0.6 is 0 Å². The Morgan fingerprint density at radius 1 is 0.889 bits per heavy atom. The van der Waals surface area contributed by atoms with Crippen LogP contribution in [0.5, 0.6) is 11.5 Å². The molecule has 27 heavy (non-hydrogen) atoms. The molecule has 0 aliphatic carbocycles. The second-order valence-corrected chi connectivity index (χ2v) is 7.43. The van der Waals surface area contributed by atoms with Crippen molar-refractivity contribution in [2.45, 2.75) is 31.7 Å². The molecule has 0 atom stereocenters. The fourth-order valence-corrected chi connectivity index (χ4v) is 4.08. The number of carbonyl (C=O) groups excluding carboxylic acids is 1. The first-order chi connectivity index (χ1) is 13.3. The summed E-state index contributed by atoms with van der Waals surface area (Å²) in [5.41, 5.74) is 0.884. The minimum Gasteiger partial charge on any atom is -0.457 e. The number of hydrogen-bond donors (Lipinski definition) is 0. The highest BCUT2D eigenvalue weighted by molar-refractivity contribution is 5.88. The highest BCUT2D eigenvalue weighted by Gasteiger charge is 2.28. The third-order valence-corrected chi connectivity index (χ3v) is 5.56. The Morgan fingerprint density at radius 2 is 1.59 bits per heavy atom. The molecule has 0 spiro atoms. The van der Waals surface area contributed by atoms with Gasteiger partial charge in [0.05, 0.1) is 6.42 Å². The average Bonchev–Trinajstić information content (AvgIpc) is 3.24. The molecular weight excluding hydrogens is 336 g/mol. The summed E-state index contributed by atoms with van der Waals surface area (Å²) in [5.74, 6) is 1.65. The summed E-state index contributed by atoms with van der Waals surface area (Å²) in [4.78, 5) is 17.3. The summed E-state index contributed by atoms with van der Waals surface area (Å²) in [6.07, 6.45) is 6.57. The van der Waals surface area contributed by atoms with Crippen molar-refractivity contribution in [2.24, 2.45) is 0 Å². The molecule has 1 amide bonds. The monoisotopic (exact) mass is 363 g/mol. The molecule has 4 heteroatoms. The van der Waals surface area contributed by atoms with Gasteiger partial charge in [-0.25, -0.2) is 0 Å². The average molecular weight is 363 g/mol. The number of piperidine rings is 1. The van der Waals surface area contributed by atoms with Crippen molar-refractivity contribution in [1.82, 2.24) is 9.80 Å². The van der Waals surface area contributed by atoms with E-state index in [-0.39, 0.29) is 5.91 Å². The van der Waals surface area contributed by atoms with Crippen molar-refractivity contribution in [2.75, 3.05) is 26.2 Å². The van der Waals surface area contributed by atoms with Crippen LogP contribution < -0.4 is 4.74 Å². The number of carbonyl (C=O) groups is 1. The maximum absolute atomic E-state index is 12.7. The van der Waals surface area contributed by atoms with Crippen molar-refractivity contribution < 1.29 is 9.53 Å². The minimum absolute atomic E-state index is 0.103. The van der Waals surface area contributed by atoms with E-state index in [0.717, 1.165) is 43.0 Å². The van der Waals surface area contributed by atoms with Crippen molar-refractivity contribution in [1.29, 1.82) is 0 Å². The summed E-state index contributed by atoms with van der Waals surface area (Å²) >= 11 is 0. The molecule has 4 rings (SSSR count). The van der Waals surface area contributed by atoms with Crippen molar-refractivity contribution in [3.63, 3.8) is 0 Å². The summed E-state index contributed by atoms with van der Waals surface area (Å²) in [7, 11) is 0. The van der Waals surface area contributed by atoms with E-state index < -0.39 is 0 Å². The van der Waals surface area contributed by atoms with Crippen LogP contribution in [-0.2, 0) is 4.79 Å². The maximum Gasteiger partial charge on any atom is 0.231 e. The quantitative estimate of drug-likeness (QED) is 0.801. The van der Waals surface area contributed by atoms with E-state index in [1.54, 1.807) is 6.42 Å². The molecule has 2 fully saturated rings. The molecule has 0 N–H and O–H groups in total. The standard InChI is InChI=1S/C23H27N2O2/c26-23(25-15-11-20(12-16-25)24-13-4-5-14-24)18-19-7-6-10-22(17-19)27-21-8-2-1-3-9-21/h1-3,6-10,17-18,20H,4-5,11-16H2. The third kappa shape index (κ3) is 4.69. The van der Waals surface area contributed by atoms with E-state index in [0.29, 0.717) is 6.04 Å². The number of nitrogens with zero attached hydrogens (tertiary/aromatic N) is 2. The van der Waals surface area contributed by atoms with Crippen LogP contribution in [0.1, 0.15) is 31.2 Å². The molecular formula is C23H27N2O2. The summed E-state index contributed by atoms with van der Waals surface area (Å²) in [6.45, 7) is 4.19. The first kappa shape index (κ1) is 18.1. The Balaban J connectivity index is 1.31. The molecule has 2 heterocycles. The molecule has 2 saturated heterocycles. The Hall–Kier alpha value is -2.33. The first-order valence-electron chi connectivity index (χ1n) is 9.98. The van der Waals surface area contributed by atoms with E-state index in [2.05, 4.69) is 4.90 Å². The van der Waals surface area contributed by atoms with Crippen LogP contribution in [0.15, 0.2) is 54.6 Å². The maximum atomic E-state index is 12.7. The van der Waals surface area contributed by atoms with Gasteiger partial charge < -0.3 is 14.5 Å². The molecule has 0 unspecified atom stereocenters. The molecule has 0 saturated carbocycles. The van der Waals surface area contributed by atoms with Gasteiger partial charge in [-0.2, -0.15) is 0 Å². The van der Waals surface area contributed by atoms with Crippen molar-refractivity contribution >= 4 is 5.91 Å². The highest BCUT2D eigenvalue weighted by Crippen LogP contribution is 2.24. The smallest absolute Gasteiger partial charge is 0.231 e. The number of hydrogen-bond acceptors (Lipinski definition) is 3. The fourth-order valence-electron chi connectivity index (χ4n) is 4.08. The van der Waals surface area contributed by atoms with E-state index in [4.69, 9.17) is 4.74 Å². The molecule has 1 radical (unpaired) electrons. The van der Waals surface area contributed by atoms with Crippen LogP contribution in [0.2, 0.25) is 0 Å². The summed E-state index contributed by atoms with van der Waals surface area (Å²) in [5, 5.41) is 0. The molecule has 2 aliphatic heterocycles. The Bertz CT molecular complexity index is 748. The predicted molar refractivity (Wildman–Crippen MR) is 107 cm³/mol. The number of ether oxygens (including phenoxy) is 1. The van der Waals surface area contributed by atoms with Crippen molar-refractivity contribution in [3.8, 4) is 11.5 Å². The molecule has 2 aromatic rings. The van der Waals surface area contributed by atoms with Gasteiger partial charge in [0.1, 0.15) is 11.5 Å². The molecule has 2 aromatic carbocycles. The van der Waals surface area contributed by atoms with Gasteiger partial charge in [0.15, 0.2) is 0 Å². The number of likely N-dealkylation sites (tertiary alicyclic amines) is 2. The summed E-state index contributed by atoms with van der Waals surface area (Å²) < 4.78 is 5.87. The van der Waals surface area contributed by atoms with E-state index in [9.17, 15) is 4.79 Å². The zero-order chi connectivity index (χ0) is 18.5. The lowest BCUT2D eigenvalue weighted by atomic mass is 10.0. The lowest BCUT2D eigenvalue weighted by Crippen LogP contribution is -2.46. The van der Waals surface area contributed by atoms with Crippen LogP contribution in [0.25, 0.3) is 0 Å². The lowest BCUT2D eigenvalue weighted by Gasteiger charge is -2.36. The van der Waals surface area contributed by atoms with Crippen LogP contribution in [0, 0.1) is 6.42 Å². The predicted octanol–water partition coefficient (Wildman–Crippen LogP) is 4.12. The number of para-hydroxylation sites is 1. The van der Waals surface area contributed by atoms with Gasteiger partial charge in [0.2, 0.25) is 5.91 Å².